The van der Waals surface area contributed by atoms with Gasteiger partial charge in [0.25, 0.3) is 0 Å². The molecule has 0 spiro atoms. The maximum absolute atomic E-state index is 12.2. The van der Waals surface area contributed by atoms with Crippen molar-refractivity contribution in [2.24, 2.45) is 0 Å². The largest absolute Gasteiger partial charge is 0.368 e. The quantitative estimate of drug-likeness (QED) is 0.571. The van der Waals surface area contributed by atoms with Gasteiger partial charge in [-0.15, -0.1) is 0 Å². The van der Waals surface area contributed by atoms with E-state index in [9.17, 15) is 13.2 Å². The van der Waals surface area contributed by atoms with Gasteiger partial charge < -0.3 is 10.2 Å². The number of rotatable bonds is 10. The Morgan fingerprint density at radius 1 is 1.13 bits per heavy atom. The number of anilines is 2. The van der Waals surface area contributed by atoms with Crippen LogP contribution in [0.25, 0.3) is 0 Å². The maximum atomic E-state index is 12.2. The Morgan fingerprint density at radius 3 is 2.58 bits per heavy atom. The van der Waals surface area contributed by atoms with Gasteiger partial charge in [0.15, 0.2) is 0 Å². The minimum absolute atomic E-state index is 0.0342. The molecule has 1 aliphatic heterocycles. The van der Waals surface area contributed by atoms with E-state index in [1.54, 1.807) is 6.07 Å². The van der Waals surface area contributed by atoms with Crippen LogP contribution < -0.4 is 14.5 Å². The van der Waals surface area contributed by atoms with E-state index >= 15 is 0 Å². The van der Waals surface area contributed by atoms with Crippen LogP contribution >= 0.6 is 0 Å². The average Bonchev–Trinajstić information content (AvgIpc) is 3.03. The standard InChI is InChI=1S/C24H33N3O3S/c1-19-10-4-6-12-22(19)27(31(3,29)30)17-8-14-24(28)25-15-9-16-26-20(2)18-21-11-5-7-13-23(21)26/h4-7,10-13,20H,8-9,14-18H2,1-3H3,(H,25,28)/t20-/m1/s1. The third-order valence-electron chi connectivity index (χ3n) is 5.80. The summed E-state index contributed by atoms with van der Waals surface area (Å²) in [5.74, 6) is -0.0342. The first kappa shape index (κ1) is 23.1. The van der Waals surface area contributed by atoms with Crippen molar-refractivity contribution in [3.05, 3.63) is 59.7 Å². The van der Waals surface area contributed by atoms with Gasteiger partial charge in [-0.25, -0.2) is 8.42 Å². The number of amides is 1. The van der Waals surface area contributed by atoms with E-state index in [4.69, 9.17) is 0 Å². The molecular formula is C24H33N3O3S. The van der Waals surface area contributed by atoms with Crippen LogP contribution in [-0.4, -0.2) is 46.3 Å². The number of hydrogen-bond acceptors (Lipinski definition) is 4. The smallest absolute Gasteiger partial charge is 0.232 e. The van der Waals surface area contributed by atoms with Crippen molar-refractivity contribution in [1.29, 1.82) is 0 Å². The number of benzene rings is 2. The molecule has 7 heteroatoms. The summed E-state index contributed by atoms with van der Waals surface area (Å²) in [5.41, 5.74) is 4.27. The summed E-state index contributed by atoms with van der Waals surface area (Å²) in [5, 5.41) is 2.98. The van der Waals surface area contributed by atoms with Gasteiger partial charge in [-0.1, -0.05) is 36.4 Å². The molecule has 168 valence electrons. The molecule has 3 rings (SSSR count). The Morgan fingerprint density at radius 2 is 1.84 bits per heavy atom. The van der Waals surface area contributed by atoms with Crippen LogP contribution in [0.2, 0.25) is 0 Å². The van der Waals surface area contributed by atoms with E-state index in [-0.39, 0.29) is 5.91 Å². The van der Waals surface area contributed by atoms with Crippen molar-refractivity contribution in [1.82, 2.24) is 5.32 Å². The lowest BCUT2D eigenvalue weighted by Gasteiger charge is -2.25. The number of hydrogen-bond donors (Lipinski definition) is 1. The molecule has 1 heterocycles. The number of nitrogens with zero attached hydrogens (tertiary/aromatic N) is 2. The van der Waals surface area contributed by atoms with Crippen LogP contribution in [-0.2, 0) is 21.2 Å². The molecule has 2 aromatic carbocycles. The van der Waals surface area contributed by atoms with Gasteiger partial charge in [0, 0.05) is 37.8 Å². The molecule has 2 aromatic rings. The molecule has 0 radical (unpaired) electrons. The maximum Gasteiger partial charge on any atom is 0.232 e. The predicted molar refractivity (Wildman–Crippen MR) is 127 cm³/mol. The fraction of sp³-hybridized carbons (Fsp3) is 0.458. The fourth-order valence-electron chi connectivity index (χ4n) is 4.23. The molecule has 1 N–H and O–H groups in total. The second-order valence-electron chi connectivity index (χ2n) is 8.30. The normalized spacial score (nSPS) is 15.6. The van der Waals surface area contributed by atoms with Crippen LogP contribution in [0.3, 0.4) is 0 Å². The van der Waals surface area contributed by atoms with Gasteiger partial charge in [0.1, 0.15) is 0 Å². The first-order valence-corrected chi connectivity index (χ1v) is 12.8. The highest BCUT2D eigenvalue weighted by Gasteiger charge is 2.24. The van der Waals surface area contributed by atoms with E-state index in [0.29, 0.717) is 37.7 Å². The van der Waals surface area contributed by atoms with Gasteiger partial charge in [-0.3, -0.25) is 9.10 Å². The molecule has 0 aromatic heterocycles. The first-order chi connectivity index (χ1) is 14.8. The number of fused-ring (bicyclic) bond motifs is 1. The van der Waals surface area contributed by atoms with Gasteiger partial charge >= 0.3 is 0 Å². The van der Waals surface area contributed by atoms with Crippen molar-refractivity contribution in [2.75, 3.05) is 35.1 Å². The summed E-state index contributed by atoms with van der Waals surface area (Å²) in [4.78, 5) is 14.7. The zero-order valence-electron chi connectivity index (χ0n) is 18.7. The molecule has 1 aliphatic rings. The van der Waals surface area contributed by atoms with Crippen LogP contribution in [0, 0.1) is 6.92 Å². The zero-order chi connectivity index (χ0) is 22.4. The molecule has 6 nitrogen and oxygen atoms in total. The third-order valence-corrected chi connectivity index (χ3v) is 6.98. The minimum Gasteiger partial charge on any atom is -0.368 e. The number of aryl methyl sites for hydroxylation is 1. The van der Waals surface area contributed by atoms with Crippen LogP contribution in [0.1, 0.15) is 37.3 Å². The highest BCUT2D eigenvalue weighted by atomic mass is 32.2. The number of sulfonamides is 1. The summed E-state index contributed by atoms with van der Waals surface area (Å²) < 4.78 is 25.9. The SMILES string of the molecule is Cc1ccccc1N(CCCC(=O)NCCCN1c2ccccc2C[C@H]1C)S(C)(=O)=O. The summed E-state index contributed by atoms with van der Waals surface area (Å²) in [6.07, 6.45) is 3.94. The lowest BCUT2D eigenvalue weighted by Crippen LogP contribution is -2.34. The molecule has 0 unspecified atom stereocenters. The monoisotopic (exact) mass is 443 g/mol. The van der Waals surface area contributed by atoms with Crippen LogP contribution in [0.15, 0.2) is 48.5 Å². The van der Waals surface area contributed by atoms with E-state index in [0.717, 1.165) is 24.9 Å². The van der Waals surface area contributed by atoms with Crippen molar-refractivity contribution >= 4 is 27.3 Å². The van der Waals surface area contributed by atoms with E-state index in [1.807, 2.05) is 25.1 Å². The van der Waals surface area contributed by atoms with Crippen LogP contribution in [0.4, 0.5) is 11.4 Å². The Kier molecular flexibility index (Phi) is 7.59. The number of nitrogens with one attached hydrogen (secondary N) is 1. The van der Waals surface area contributed by atoms with E-state index in [2.05, 4.69) is 41.4 Å². The van der Waals surface area contributed by atoms with Crippen molar-refractivity contribution < 1.29 is 13.2 Å². The number of carbonyl (C=O) groups excluding carboxylic acids is 1. The molecule has 0 bridgehead atoms. The summed E-state index contributed by atoms with van der Waals surface area (Å²) >= 11 is 0. The van der Waals surface area contributed by atoms with Gasteiger partial charge in [0.05, 0.1) is 11.9 Å². The summed E-state index contributed by atoms with van der Waals surface area (Å²) in [6, 6.07) is 16.4. The van der Waals surface area contributed by atoms with Crippen molar-refractivity contribution in [3.63, 3.8) is 0 Å². The number of para-hydroxylation sites is 2. The molecule has 0 saturated heterocycles. The van der Waals surface area contributed by atoms with E-state index in [1.165, 1.54) is 21.8 Å². The highest BCUT2D eigenvalue weighted by molar-refractivity contribution is 7.92. The Labute approximate surface area is 186 Å². The zero-order valence-corrected chi connectivity index (χ0v) is 19.5. The molecule has 0 aliphatic carbocycles. The first-order valence-electron chi connectivity index (χ1n) is 10.9. The van der Waals surface area contributed by atoms with Crippen molar-refractivity contribution in [2.45, 2.75) is 45.6 Å². The molecule has 1 atom stereocenters. The fourth-order valence-corrected chi connectivity index (χ4v) is 5.25. The van der Waals surface area contributed by atoms with Crippen molar-refractivity contribution in [3.8, 4) is 0 Å². The van der Waals surface area contributed by atoms with Gasteiger partial charge in [-0.2, -0.15) is 0 Å². The topological polar surface area (TPSA) is 69.7 Å². The summed E-state index contributed by atoms with van der Waals surface area (Å²) in [6.45, 7) is 5.95. The Hall–Kier alpha value is -2.54. The Balaban J connectivity index is 1.42. The average molecular weight is 444 g/mol. The van der Waals surface area contributed by atoms with Gasteiger partial charge in [-0.05, 0) is 56.4 Å². The summed E-state index contributed by atoms with van der Waals surface area (Å²) in [7, 11) is -3.40. The lowest BCUT2D eigenvalue weighted by molar-refractivity contribution is -0.121. The molecule has 1 amide bonds. The molecule has 31 heavy (non-hydrogen) atoms. The number of carbonyl (C=O) groups is 1. The molecule has 0 saturated carbocycles. The lowest BCUT2D eigenvalue weighted by atomic mass is 10.1. The molecule has 0 fully saturated rings. The van der Waals surface area contributed by atoms with Crippen LogP contribution in [0.5, 0.6) is 0 Å². The Bertz CT molecular complexity index is 1010. The second-order valence-corrected chi connectivity index (χ2v) is 10.2. The highest BCUT2D eigenvalue weighted by Crippen LogP contribution is 2.31. The van der Waals surface area contributed by atoms with E-state index < -0.39 is 10.0 Å². The molecular weight excluding hydrogens is 410 g/mol. The minimum atomic E-state index is -3.40. The third kappa shape index (κ3) is 6.00. The van der Waals surface area contributed by atoms with Gasteiger partial charge in [0.2, 0.25) is 15.9 Å². The predicted octanol–water partition coefficient (Wildman–Crippen LogP) is 3.50. The second kappa shape index (κ2) is 10.2.